The SMILES string of the molecule is O=S(=O)(Cc1nc(Cl)nc2c1OCC1COCCN21)C1CC1. The third kappa shape index (κ3) is 2.53. The fourth-order valence-corrected chi connectivity index (χ4v) is 4.73. The Morgan fingerprint density at radius 3 is 2.86 bits per heavy atom. The predicted octanol–water partition coefficient (Wildman–Crippen LogP) is 0.805. The van der Waals surface area contributed by atoms with Crippen molar-refractivity contribution in [3.63, 3.8) is 0 Å². The van der Waals surface area contributed by atoms with Crippen molar-refractivity contribution in [3.05, 3.63) is 11.0 Å². The summed E-state index contributed by atoms with van der Waals surface area (Å²) in [7, 11) is -3.19. The Kier molecular flexibility index (Phi) is 3.43. The quantitative estimate of drug-likeness (QED) is 0.749. The molecule has 1 aromatic heterocycles. The molecule has 0 bridgehead atoms. The van der Waals surface area contributed by atoms with Crippen molar-refractivity contribution in [1.82, 2.24) is 9.97 Å². The molecule has 2 aliphatic heterocycles. The minimum absolute atomic E-state index is 0.0514. The number of halogens is 1. The third-order valence-electron chi connectivity index (χ3n) is 4.18. The Labute approximate surface area is 133 Å². The Balaban J connectivity index is 1.73. The van der Waals surface area contributed by atoms with Crippen LogP contribution in [0.5, 0.6) is 5.75 Å². The summed E-state index contributed by atoms with van der Waals surface area (Å²) in [5.41, 5.74) is 0.367. The first-order chi connectivity index (χ1) is 10.5. The van der Waals surface area contributed by atoms with Gasteiger partial charge in [-0.15, -0.1) is 0 Å². The van der Waals surface area contributed by atoms with E-state index < -0.39 is 9.84 Å². The van der Waals surface area contributed by atoms with Crippen LogP contribution in [0.15, 0.2) is 0 Å². The molecule has 1 saturated carbocycles. The standard InChI is InChI=1S/C13H16ClN3O4S/c14-13-15-10(7-22(18,19)9-1-2-9)11-12(16-13)17-3-4-20-5-8(17)6-21-11/h8-9H,1-7H2. The molecule has 0 radical (unpaired) electrons. The predicted molar refractivity (Wildman–Crippen MR) is 80.1 cm³/mol. The second-order valence-electron chi connectivity index (χ2n) is 5.83. The Bertz CT molecular complexity index is 707. The maximum Gasteiger partial charge on any atom is 0.224 e. The van der Waals surface area contributed by atoms with Gasteiger partial charge >= 0.3 is 0 Å². The normalized spacial score (nSPS) is 24.4. The lowest BCUT2D eigenvalue weighted by atomic mass is 10.2. The molecule has 1 unspecified atom stereocenters. The van der Waals surface area contributed by atoms with E-state index in [1.54, 1.807) is 0 Å². The zero-order valence-corrected chi connectivity index (χ0v) is 13.4. The molecule has 9 heteroatoms. The highest BCUT2D eigenvalue weighted by atomic mass is 35.5. The lowest BCUT2D eigenvalue weighted by molar-refractivity contribution is 0.0693. The summed E-state index contributed by atoms with van der Waals surface area (Å²) < 4.78 is 35.7. The fraction of sp³-hybridized carbons (Fsp3) is 0.692. The summed E-state index contributed by atoms with van der Waals surface area (Å²) in [6, 6.07) is 0.0834. The Morgan fingerprint density at radius 2 is 2.09 bits per heavy atom. The van der Waals surface area contributed by atoms with Crippen LogP contribution in [0.4, 0.5) is 5.82 Å². The highest BCUT2D eigenvalue weighted by Gasteiger charge is 2.39. The van der Waals surface area contributed by atoms with Crippen LogP contribution in [-0.2, 0) is 20.3 Å². The number of sulfone groups is 1. The lowest BCUT2D eigenvalue weighted by Gasteiger charge is -2.40. The molecule has 0 aromatic carbocycles. The number of hydrogen-bond acceptors (Lipinski definition) is 7. The van der Waals surface area contributed by atoms with E-state index in [1.807, 2.05) is 0 Å². The zero-order chi connectivity index (χ0) is 15.3. The third-order valence-corrected chi connectivity index (χ3v) is 6.51. The van der Waals surface area contributed by atoms with Gasteiger partial charge in [0.15, 0.2) is 21.4 Å². The van der Waals surface area contributed by atoms with Crippen LogP contribution >= 0.6 is 11.6 Å². The molecule has 4 rings (SSSR count). The Morgan fingerprint density at radius 1 is 1.27 bits per heavy atom. The van der Waals surface area contributed by atoms with Crippen LogP contribution < -0.4 is 9.64 Å². The molecular weight excluding hydrogens is 330 g/mol. The fourth-order valence-electron chi connectivity index (χ4n) is 2.88. The van der Waals surface area contributed by atoms with Gasteiger partial charge in [-0.3, -0.25) is 0 Å². The van der Waals surface area contributed by atoms with Gasteiger partial charge in [-0.2, -0.15) is 4.98 Å². The second-order valence-corrected chi connectivity index (χ2v) is 8.45. The van der Waals surface area contributed by atoms with Crippen LogP contribution in [0.3, 0.4) is 0 Å². The van der Waals surface area contributed by atoms with Crippen molar-refractivity contribution in [3.8, 4) is 5.75 Å². The molecule has 22 heavy (non-hydrogen) atoms. The van der Waals surface area contributed by atoms with E-state index in [2.05, 4.69) is 14.9 Å². The van der Waals surface area contributed by atoms with Crippen LogP contribution in [0, 0.1) is 0 Å². The number of aromatic nitrogens is 2. The van der Waals surface area contributed by atoms with Crippen molar-refractivity contribution in [2.75, 3.05) is 31.3 Å². The van der Waals surface area contributed by atoms with E-state index in [1.165, 1.54) is 0 Å². The molecule has 1 aliphatic carbocycles. The van der Waals surface area contributed by atoms with Crippen molar-refractivity contribution in [2.24, 2.45) is 0 Å². The first kappa shape index (κ1) is 14.5. The highest BCUT2D eigenvalue weighted by molar-refractivity contribution is 7.91. The molecule has 0 N–H and O–H groups in total. The lowest BCUT2D eigenvalue weighted by Crippen LogP contribution is -2.51. The molecule has 0 spiro atoms. The monoisotopic (exact) mass is 345 g/mol. The van der Waals surface area contributed by atoms with Crippen molar-refractivity contribution in [2.45, 2.75) is 29.9 Å². The summed E-state index contributed by atoms with van der Waals surface area (Å²) in [4.78, 5) is 10.4. The van der Waals surface area contributed by atoms with Gasteiger partial charge in [-0.05, 0) is 24.4 Å². The number of hydrogen-bond donors (Lipinski definition) is 0. The molecular formula is C13H16ClN3O4S. The van der Waals surface area contributed by atoms with Gasteiger partial charge < -0.3 is 14.4 Å². The molecule has 3 aliphatic rings. The van der Waals surface area contributed by atoms with Crippen LogP contribution in [0.1, 0.15) is 18.5 Å². The minimum atomic E-state index is -3.19. The average molecular weight is 346 g/mol. The summed E-state index contributed by atoms with van der Waals surface area (Å²) in [6.45, 7) is 2.29. The maximum atomic E-state index is 12.2. The van der Waals surface area contributed by atoms with Gasteiger partial charge in [-0.1, -0.05) is 0 Å². The summed E-state index contributed by atoms with van der Waals surface area (Å²) in [5.74, 6) is 0.893. The maximum absolute atomic E-state index is 12.2. The topological polar surface area (TPSA) is 81.6 Å². The van der Waals surface area contributed by atoms with Gasteiger partial charge in [0.25, 0.3) is 0 Å². The highest BCUT2D eigenvalue weighted by Crippen LogP contribution is 2.39. The number of ether oxygens (including phenoxy) is 2. The minimum Gasteiger partial charge on any atom is -0.486 e. The van der Waals surface area contributed by atoms with E-state index in [-0.39, 0.29) is 22.3 Å². The van der Waals surface area contributed by atoms with Crippen molar-refractivity contribution < 1.29 is 17.9 Å². The van der Waals surface area contributed by atoms with Gasteiger partial charge in [0.2, 0.25) is 5.28 Å². The number of nitrogens with zero attached hydrogens (tertiary/aromatic N) is 3. The van der Waals surface area contributed by atoms with Gasteiger partial charge in [0, 0.05) is 6.54 Å². The molecule has 1 aromatic rings. The summed E-state index contributed by atoms with van der Waals surface area (Å²) in [6.07, 6.45) is 1.46. The largest absolute Gasteiger partial charge is 0.486 e. The van der Waals surface area contributed by atoms with Crippen molar-refractivity contribution >= 4 is 27.3 Å². The molecule has 3 heterocycles. The van der Waals surface area contributed by atoms with Crippen molar-refractivity contribution in [1.29, 1.82) is 0 Å². The second kappa shape index (κ2) is 5.21. The molecule has 2 fully saturated rings. The number of rotatable bonds is 3. The van der Waals surface area contributed by atoms with E-state index in [9.17, 15) is 8.42 Å². The molecule has 1 saturated heterocycles. The van der Waals surface area contributed by atoms with E-state index >= 15 is 0 Å². The number of anilines is 1. The number of morpholine rings is 1. The summed E-state index contributed by atoms with van der Waals surface area (Å²) >= 11 is 6.01. The smallest absolute Gasteiger partial charge is 0.224 e. The van der Waals surface area contributed by atoms with Gasteiger partial charge in [0.1, 0.15) is 12.3 Å². The molecule has 120 valence electrons. The average Bonchev–Trinajstić information content (AvgIpc) is 3.31. The van der Waals surface area contributed by atoms with E-state index in [0.29, 0.717) is 43.6 Å². The first-order valence-electron chi connectivity index (χ1n) is 7.30. The zero-order valence-electron chi connectivity index (χ0n) is 11.9. The van der Waals surface area contributed by atoms with E-state index in [0.717, 1.165) is 12.8 Å². The first-order valence-corrected chi connectivity index (χ1v) is 9.39. The number of fused-ring (bicyclic) bond motifs is 3. The van der Waals surface area contributed by atoms with Gasteiger partial charge in [-0.25, -0.2) is 13.4 Å². The Hall–Kier alpha value is -1.12. The molecule has 7 nitrogen and oxygen atoms in total. The van der Waals surface area contributed by atoms with Gasteiger partial charge in [0.05, 0.1) is 30.3 Å². The molecule has 0 amide bonds. The molecule has 1 atom stereocenters. The van der Waals surface area contributed by atoms with Crippen LogP contribution in [-0.4, -0.2) is 56.0 Å². The van der Waals surface area contributed by atoms with E-state index in [4.69, 9.17) is 21.1 Å². The van der Waals surface area contributed by atoms with Crippen LogP contribution in [0.25, 0.3) is 0 Å². The summed E-state index contributed by atoms with van der Waals surface area (Å²) in [5, 5.41) is -0.188. The van der Waals surface area contributed by atoms with Crippen LogP contribution in [0.2, 0.25) is 5.28 Å².